The number of nitrogens with zero attached hydrogens (tertiary/aromatic N) is 1. The molecule has 0 aliphatic carbocycles. The molecule has 0 saturated heterocycles. The number of hydrogen-bond acceptors (Lipinski definition) is 5. The molecule has 0 aliphatic heterocycles. The first-order valence-corrected chi connectivity index (χ1v) is 7.96. The monoisotopic (exact) mass is 356 g/mol. The fraction of sp³-hybridized carbons (Fsp3) is 0.357. The van der Waals surface area contributed by atoms with E-state index in [1.165, 1.54) is 0 Å². The molecule has 6 heteroatoms. The van der Waals surface area contributed by atoms with E-state index in [0.717, 1.165) is 46.7 Å². The Morgan fingerprint density at radius 3 is 2.65 bits per heavy atom. The van der Waals surface area contributed by atoms with Crippen LogP contribution in [0.1, 0.15) is 11.3 Å². The molecule has 0 unspecified atom stereocenters. The Balaban J connectivity index is 1.92. The molecule has 108 valence electrons. The third-order valence-electron chi connectivity index (χ3n) is 2.91. The van der Waals surface area contributed by atoms with Crippen LogP contribution < -0.4 is 14.8 Å². The zero-order valence-corrected chi connectivity index (χ0v) is 13.9. The molecule has 1 heterocycles. The number of aromatic nitrogens is 1. The Labute approximate surface area is 131 Å². The van der Waals surface area contributed by atoms with Crippen LogP contribution in [0.3, 0.4) is 0 Å². The van der Waals surface area contributed by atoms with Gasteiger partial charge in [0.1, 0.15) is 0 Å². The van der Waals surface area contributed by atoms with Crippen LogP contribution >= 0.6 is 27.3 Å². The lowest BCUT2D eigenvalue weighted by atomic mass is 10.2. The van der Waals surface area contributed by atoms with Crippen molar-refractivity contribution in [2.24, 2.45) is 0 Å². The summed E-state index contributed by atoms with van der Waals surface area (Å²) < 4.78 is 11.6. The molecule has 1 aromatic heterocycles. The number of benzene rings is 1. The number of hydrogen-bond donors (Lipinski definition) is 1. The van der Waals surface area contributed by atoms with Crippen LogP contribution in [-0.4, -0.2) is 25.7 Å². The highest BCUT2D eigenvalue weighted by molar-refractivity contribution is 9.10. The number of ether oxygens (including phenoxy) is 2. The second-order valence-electron chi connectivity index (χ2n) is 4.21. The van der Waals surface area contributed by atoms with Gasteiger partial charge < -0.3 is 14.8 Å². The molecule has 20 heavy (non-hydrogen) atoms. The average Bonchev–Trinajstić information content (AvgIpc) is 2.97. The minimum atomic E-state index is 0.727. The van der Waals surface area contributed by atoms with Gasteiger partial charge in [-0.05, 0) is 17.7 Å². The summed E-state index contributed by atoms with van der Waals surface area (Å²) in [7, 11) is 3.28. The average molecular weight is 357 g/mol. The second kappa shape index (κ2) is 7.61. The lowest BCUT2D eigenvalue weighted by Gasteiger charge is -2.12. The third kappa shape index (κ3) is 3.94. The molecule has 1 aromatic carbocycles. The molecule has 0 aliphatic rings. The summed E-state index contributed by atoms with van der Waals surface area (Å²) in [5.41, 5.74) is 4.13. The maximum Gasteiger partial charge on any atom is 0.161 e. The van der Waals surface area contributed by atoms with Gasteiger partial charge in [0.05, 0.1) is 25.4 Å². The van der Waals surface area contributed by atoms with Gasteiger partial charge in [-0.25, -0.2) is 4.98 Å². The number of nitrogens with one attached hydrogen (secondary N) is 1. The Hall–Kier alpha value is -1.11. The van der Waals surface area contributed by atoms with Gasteiger partial charge in [0.2, 0.25) is 0 Å². The molecule has 0 saturated carbocycles. The van der Waals surface area contributed by atoms with Crippen molar-refractivity contribution in [3.05, 3.63) is 38.8 Å². The summed E-state index contributed by atoms with van der Waals surface area (Å²) in [5, 5.41) is 5.49. The lowest BCUT2D eigenvalue weighted by Crippen LogP contribution is -2.17. The Morgan fingerprint density at radius 2 is 2.00 bits per heavy atom. The van der Waals surface area contributed by atoms with Gasteiger partial charge in [0, 0.05) is 29.4 Å². The predicted octanol–water partition coefficient (Wildman–Crippen LogP) is 3.26. The van der Waals surface area contributed by atoms with Gasteiger partial charge >= 0.3 is 0 Å². The van der Waals surface area contributed by atoms with E-state index in [1.54, 1.807) is 25.6 Å². The van der Waals surface area contributed by atoms with E-state index in [4.69, 9.17) is 9.47 Å². The lowest BCUT2D eigenvalue weighted by molar-refractivity contribution is 0.354. The molecule has 2 aromatic rings. The van der Waals surface area contributed by atoms with Crippen LogP contribution in [0.2, 0.25) is 0 Å². The number of methoxy groups -OCH3 is 2. The van der Waals surface area contributed by atoms with Crippen molar-refractivity contribution in [3.8, 4) is 11.5 Å². The van der Waals surface area contributed by atoms with Crippen LogP contribution in [0.5, 0.6) is 11.5 Å². The second-order valence-corrected chi connectivity index (χ2v) is 5.78. The highest BCUT2D eigenvalue weighted by Gasteiger charge is 2.09. The smallest absolute Gasteiger partial charge is 0.161 e. The van der Waals surface area contributed by atoms with Crippen molar-refractivity contribution < 1.29 is 9.47 Å². The van der Waals surface area contributed by atoms with Crippen molar-refractivity contribution in [2.45, 2.75) is 13.0 Å². The Morgan fingerprint density at radius 1 is 1.25 bits per heavy atom. The number of thiazole rings is 1. The van der Waals surface area contributed by atoms with E-state index in [0.29, 0.717) is 0 Å². The number of halogens is 1. The van der Waals surface area contributed by atoms with Crippen LogP contribution in [0.25, 0.3) is 0 Å². The minimum Gasteiger partial charge on any atom is -0.493 e. The molecule has 4 nitrogen and oxygen atoms in total. The predicted molar refractivity (Wildman–Crippen MR) is 84.8 cm³/mol. The van der Waals surface area contributed by atoms with E-state index in [9.17, 15) is 0 Å². The van der Waals surface area contributed by atoms with Crippen molar-refractivity contribution in [2.75, 3.05) is 20.8 Å². The van der Waals surface area contributed by atoms with Crippen molar-refractivity contribution in [1.82, 2.24) is 10.3 Å². The summed E-state index contributed by atoms with van der Waals surface area (Å²) in [6.45, 7) is 1.66. The van der Waals surface area contributed by atoms with Crippen molar-refractivity contribution >= 4 is 27.3 Å². The largest absolute Gasteiger partial charge is 0.493 e. The maximum absolute atomic E-state index is 5.31. The van der Waals surface area contributed by atoms with Gasteiger partial charge in [-0.15, -0.1) is 11.3 Å². The van der Waals surface area contributed by atoms with Crippen LogP contribution in [-0.2, 0) is 13.0 Å². The van der Waals surface area contributed by atoms with Crippen molar-refractivity contribution in [3.63, 3.8) is 0 Å². The standard InChI is InChI=1S/C14H17BrN2O2S/c1-18-13-5-10(12(15)6-14(13)19-2)7-16-4-3-11-8-20-9-17-11/h5-6,8-9,16H,3-4,7H2,1-2H3. The topological polar surface area (TPSA) is 43.4 Å². The highest BCUT2D eigenvalue weighted by Crippen LogP contribution is 2.33. The zero-order chi connectivity index (χ0) is 14.4. The quantitative estimate of drug-likeness (QED) is 0.773. The van der Waals surface area contributed by atoms with Gasteiger partial charge in [-0.2, -0.15) is 0 Å². The van der Waals surface area contributed by atoms with Gasteiger partial charge in [0.25, 0.3) is 0 Å². The molecular formula is C14H17BrN2O2S. The van der Waals surface area contributed by atoms with E-state index >= 15 is 0 Å². The summed E-state index contributed by atoms with van der Waals surface area (Å²) in [5.74, 6) is 1.47. The van der Waals surface area contributed by atoms with E-state index in [1.807, 2.05) is 17.6 Å². The molecule has 0 amide bonds. The fourth-order valence-electron chi connectivity index (χ4n) is 1.83. The zero-order valence-electron chi connectivity index (χ0n) is 11.5. The molecule has 0 spiro atoms. The first-order chi connectivity index (χ1) is 9.74. The fourth-order valence-corrected chi connectivity index (χ4v) is 2.89. The summed E-state index contributed by atoms with van der Waals surface area (Å²) in [4.78, 5) is 4.26. The van der Waals surface area contributed by atoms with E-state index in [-0.39, 0.29) is 0 Å². The maximum atomic E-state index is 5.31. The molecule has 0 bridgehead atoms. The Bertz CT molecular complexity index is 546. The van der Waals surface area contributed by atoms with E-state index < -0.39 is 0 Å². The molecule has 0 fully saturated rings. The molecule has 1 N–H and O–H groups in total. The third-order valence-corrected chi connectivity index (χ3v) is 4.28. The molecular weight excluding hydrogens is 340 g/mol. The van der Waals surface area contributed by atoms with Crippen LogP contribution in [0, 0.1) is 0 Å². The van der Waals surface area contributed by atoms with Crippen LogP contribution in [0.4, 0.5) is 0 Å². The van der Waals surface area contributed by atoms with Crippen molar-refractivity contribution in [1.29, 1.82) is 0 Å². The summed E-state index contributed by atoms with van der Waals surface area (Å²) in [6, 6.07) is 3.91. The van der Waals surface area contributed by atoms with Gasteiger partial charge in [0.15, 0.2) is 11.5 Å². The first kappa shape index (κ1) is 15.3. The number of rotatable bonds is 7. The normalized spacial score (nSPS) is 10.6. The highest BCUT2D eigenvalue weighted by atomic mass is 79.9. The molecule has 0 radical (unpaired) electrons. The van der Waals surface area contributed by atoms with E-state index in [2.05, 4.69) is 31.6 Å². The van der Waals surface area contributed by atoms with Gasteiger partial charge in [-0.3, -0.25) is 0 Å². The minimum absolute atomic E-state index is 0.727. The summed E-state index contributed by atoms with van der Waals surface area (Å²) >= 11 is 5.18. The summed E-state index contributed by atoms with van der Waals surface area (Å²) in [6.07, 6.45) is 0.939. The Kier molecular flexibility index (Phi) is 5.82. The first-order valence-electron chi connectivity index (χ1n) is 6.22. The van der Waals surface area contributed by atoms with Gasteiger partial charge in [-0.1, -0.05) is 15.9 Å². The SMILES string of the molecule is COc1cc(Br)c(CNCCc2cscn2)cc1OC. The van der Waals surface area contributed by atoms with Crippen LogP contribution in [0.15, 0.2) is 27.5 Å². The molecule has 2 rings (SSSR count). The molecule has 0 atom stereocenters.